The lowest BCUT2D eigenvalue weighted by molar-refractivity contribution is -0.122. The Morgan fingerprint density at radius 3 is 2.69 bits per heavy atom. The van der Waals surface area contributed by atoms with Crippen molar-refractivity contribution in [3.63, 3.8) is 0 Å². The average molecular weight is 372 g/mol. The number of amides is 2. The lowest BCUT2D eigenvalue weighted by atomic mass is 9.84. The molecule has 3 rings (SSSR count). The predicted molar refractivity (Wildman–Crippen MR) is 101 cm³/mol. The Kier molecular flexibility index (Phi) is 6.33. The monoisotopic (exact) mass is 372 g/mol. The van der Waals surface area contributed by atoms with Crippen molar-refractivity contribution in [1.82, 2.24) is 19.8 Å². The van der Waals surface area contributed by atoms with E-state index in [1.165, 1.54) is 6.42 Å². The van der Waals surface area contributed by atoms with E-state index < -0.39 is 0 Å². The van der Waals surface area contributed by atoms with E-state index in [1.54, 1.807) is 10.3 Å². The number of carbonyl (C=O) groups excluding carboxylic acids is 2. The first-order valence-electron chi connectivity index (χ1n) is 9.04. The Labute approximate surface area is 157 Å². The summed E-state index contributed by atoms with van der Waals surface area (Å²) in [5, 5.41) is 8.46. The lowest BCUT2D eigenvalue weighted by Crippen LogP contribution is -2.49. The molecule has 0 saturated heterocycles. The Morgan fingerprint density at radius 2 is 2.00 bits per heavy atom. The second-order valence-electron chi connectivity index (χ2n) is 6.81. The summed E-state index contributed by atoms with van der Waals surface area (Å²) in [4.78, 5) is 27.1. The third-order valence-corrected chi connectivity index (χ3v) is 5.46. The Hall–Kier alpha value is -2.28. The van der Waals surface area contributed by atoms with Crippen LogP contribution in [0.2, 0.25) is 0 Å². The summed E-state index contributed by atoms with van der Waals surface area (Å²) in [7, 11) is 0. The molecule has 2 unspecified atom stereocenters. The van der Waals surface area contributed by atoms with E-state index in [9.17, 15) is 9.59 Å². The summed E-state index contributed by atoms with van der Waals surface area (Å²) in [6.45, 7) is 2.67. The van der Waals surface area contributed by atoms with Crippen molar-refractivity contribution in [1.29, 1.82) is 0 Å². The summed E-state index contributed by atoms with van der Waals surface area (Å²) in [6.07, 6.45) is 4.27. The first-order chi connectivity index (χ1) is 12.6. The molecular weight excluding hydrogens is 348 g/mol. The molecule has 1 aromatic carbocycles. The smallest absolute Gasteiger partial charge is 0.276 e. The predicted octanol–water partition coefficient (Wildman–Crippen LogP) is 2.88. The second kappa shape index (κ2) is 8.89. The summed E-state index contributed by atoms with van der Waals surface area (Å²) < 4.78 is 3.79. The van der Waals surface area contributed by atoms with Gasteiger partial charge in [0.05, 0.1) is 0 Å². The summed E-state index contributed by atoms with van der Waals surface area (Å²) in [5.74, 6) is 0.0248. The maximum atomic E-state index is 12.9. The Balaban J connectivity index is 1.68. The van der Waals surface area contributed by atoms with Gasteiger partial charge in [-0.15, -0.1) is 5.10 Å². The molecule has 1 saturated carbocycles. The van der Waals surface area contributed by atoms with Gasteiger partial charge >= 0.3 is 0 Å². The van der Waals surface area contributed by atoms with Crippen LogP contribution < -0.4 is 5.32 Å². The fourth-order valence-corrected chi connectivity index (χ4v) is 3.94. The van der Waals surface area contributed by atoms with Gasteiger partial charge in [-0.05, 0) is 35.9 Å². The van der Waals surface area contributed by atoms with E-state index in [-0.39, 0.29) is 24.4 Å². The molecule has 138 valence electrons. The zero-order valence-electron chi connectivity index (χ0n) is 14.9. The van der Waals surface area contributed by atoms with Gasteiger partial charge in [0, 0.05) is 18.0 Å². The summed E-state index contributed by atoms with van der Waals surface area (Å²) >= 11 is 1.15. The van der Waals surface area contributed by atoms with Gasteiger partial charge in [0.2, 0.25) is 5.91 Å². The van der Waals surface area contributed by atoms with Crippen LogP contribution in [0.4, 0.5) is 0 Å². The molecule has 0 radical (unpaired) electrons. The van der Waals surface area contributed by atoms with E-state index in [2.05, 4.69) is 21.8 Å². The molecule has 1 fully saturated rings. The van der Waals surface area contributed by atoms with Gasteiger partial charge in [-0.1, -0.05) is 54.6 Å². The molecule has 1 aliphatic rings. The number of hydrogen-bond acceptors (Lipinski definition) is 5. The second-order valence-corrected chi connectivity index (χ2v) is 7.42. The largest absolute Gasteiger partial charge is 0.350 e. The Morgan fingerprint density at radius 1 is 1.23 bits per heavy atom. The van der Waals surface area contributed by atoms with Crippen molar-refractivity contribution in [2.24, 2.45) is 5.92 Å². The number of aromatic nitrogens is 2. The summed E-state index contributed by atoms with van der Waals surface area (Å²) in [5.41, 5.74) is 1.36. The van der Waals surface area contributed by atoms with Gasteiger partial charge < -0.3 is 10.2 Å². The van der Waals surface area contributed by atoms with Crippen molar-refractivity contribution in [2.75, 3.05) is 6.54 Å². The van der Waals surface area contributed by atoms with E-state index >= 15 is 0 Å². The van der Waals surface area contributed by atoms with E-state index in [0.717, 1.165) is 36.4 Å². The molecule has 2 amide bonds. The molecule has 1 aliphatic carbocycles. The minimum Gasteiger partial charge on any atom is -0.350 e. The number of nitrogens with zero attached hydrogens (tertiary/aromatic N) is 3. The number of hydrogen-bond donors (Lipinski definition) is 1. The van der Waals surface area contributed by atoms with Gasteiger partial charge in [0.1, 0.15) is 6.54 Å². The third kappa shape index (κ3) is 4.66. The minimum atomic E-state index is -0.202. The highest BCUT2D eigenvalue weighted by Gasteiger charge is 2.33. The van der Waals surface area contributed by atoms with Crippen LogP contribution in [0.15, 0.2) is 35.7 Å². The van der Waals surface area contributed by atoms with Crippen molar-refractivity contribution >= 4 is 23.3 Å². The quantitative estimate of drug-likeness (QED) is 0.846. The standard InChI is InChI=1S/C19H24N4O2S/c1-14-7-5-6-10-17(14)23(19(25)16-13-26-22-21-16)12-18(24)20-11-15-8-3-2-4-9-15/h2-4,8-9,13-14,17H,5-7,10-12H2,1H3,(H,20,24). The van der Waals surface area contributed by atoms with Gasteiger partial charge in [-0.25, -0.2) is 0 Å². The molecule has 1 aromatic heterocycles. The molecule has 0 spiro atoms. The van der Waals surface area contributed by atoms with E-state index in [0.29, 0.717) is 18.2 Å². The van der Waals surface area contributed by atoms with Crippen LogP contribution in [0.25, 0.3) is 0 Å². The van der Waals surface area contributed by atoms with Gasteiger partial charge in [0.25, 0.3) is 5.91 Å². The topological polar surface area (TPSA) is 75.2 Å². The van der Waals surface area contributed by atoms with Crippen LogP contribution in [0.1, 0.15) is 48.7 Å². The average Bonchev–Trinajstić information content (AvgIpc) is 3.20. The highest BCUT2D eigenvalue weighted by atomic mass is 32.1. The molecule has 1 N–H and O–H groups in total. The van der Waals surface area contributed by atoms with Crippen molar-refractivity contribution in [2.45, 2.75) is 45.2 Å². The van der Waals surface area contributed by atoms with E-state index in [4.69, 9.17) is 0 Å². The van der Waals surface area contributed by atoms with Crippen LogP contribution in [0, 0.1) is 5.92 Å². The van der Waals surface area contributed by atoms with E-state index in [1.807, 2.05) is 30.3 Å². The molecule has 0 bridgehead atoms. The molecular formula is C19H24N4O2S. The highest BCUT2D eigenvalue weighted by Crippen LogP contribution is 2.29. The number of rotatable bonds is 6. The van der Waals surface area contributed by atoms with Crippen LogP contribution in [0.5, 0.6) is 0 Å². The SMILES string of the molecule is CC1CCCCC1N(CC(=O)NCc1ccccc1)C(=O)c1csnn1. The maximum absolute atomic E-state index is 12.9. The molecule has 2 atom stereocenters. The molecule has 0 aliphatic heterocycles. The minimum absolute atomic E-state index is 0.0538. The van der Waals surface area contributed by atoms with Gasteiger partial charge in [-0.2, -0.15) is 0 Å². The van der Waals surface area contributed by atoms with Gasteiger partial charge in [-0.3, -0.25) is 9.59 Å². The normalized spacial score (nSPS) is 19.7. The maximum Gasteiger partial charge on any atom is 0.276 e. The zero-order valence-corrected chi connectivity index (χ0v) is 15.7. The lowest BCUT2D eigenvalue weighted by Gasteiger charge is -2.37. The molecule has 7 heteroatoms. The van der Waals surface area contributed by atoms with Crippen molar-refractivity contribution < 1.29 is 9.59 Å². The van der Waals surface area contributed by atoms with Crippen LogP contribution in [0.3, 0.4) is 0 Å². The first-order valence-corrected chi connectivity index (χ1v) is 9.87. The fourth-order valence-electron chi connectivity index (χ4n) is 3.51. The van der Waals surface area contributed by atoms with Crippen LogP contribution in [-0.4, -0.2) is 38.9 Å². The number of carbonyl (C=O) groups is 2. The van der Waals surface area contributed by atoms with Crippen molar-refractivity contribution in [3.8, 4) is 0 Å². The number of benzene rings is 1. The van der Waals surface area contributed by atoms with Crippen LogP contribution in [-0.2, 0) is 11.3 Å². The van der Waals surface area contributed by atoms with Crippen molar-refractivity contribution in [3.05, 3.63) is 47.0 Å². The Bertz CT molecular complexity index is 720. The van der Waals surface area contributed by atoms with Crippen LogP contribution >= 0.6 is 11.5 Å². The zero-order chi connectivity index (χ0) is 18.4. The molecule has 26 heavy (non-hydrogen) atoms. The number of nitrogens with one attached hydrogen (secondary N) is 1. The molecule has 2 aromatic rings. The fraction of sp³-hybridized carbons (Fsp3) is 0.474. The molecule has 6 nitrogen and oxygen atoms in total. The molecule has 1 heterocycles. The first kappa shape index (κ1) is 18.5. The highest BCUT2D eigenvalue weighted by molar-refractivity contribution is 7.03. The summed E-state index contributed by atoms with van der Waals surface area (Å²) in [6, 6.07) is 9.83. The van der Waals surface area contributed by atoms with Gasteiger partial charge in [0.15, 0.2) is 5.69 Å². The third-order valence-electron chi connectivity index (χ3n) is 4.95.